The molecule has 0 bridgehead atoms. The van der Waals surface area contributed by atoms with E-state index in [0.29, 0.717) is 11.5 Å². The summed E-state index contributed by atoms with van der Waals surface area (Å²) in [5.74, 6) is 1.14. The average Bonchev–Trinajstić information content (AvgIpc) is 2.75. The summed E-state index contributed by atoms with van der Waals surface area (Å²) in [6, 6.07) is 15.1. The van der Waals surface area contributed by atoms with Gasteiger partial charge in [0.2, 0.25) is 0 Å². The van der Waals surface area contributed by atoms with Crippen molar-refractivity contribution in [3.63, 3.8) is 0 Å². The topological polar surface area (TPSA) is 84.2 Å². The van der Waals surface area contributed by atoms with Gasteiger partial charge < -0.3 is 10.2 Å². The standard InChI is InChI=1S/C22H22FN5O2/c1-15-14-21(26-22(24-15)16-6-8-18(9-7-16)28(29)30)27-12-10-17(11-13-27)25-20-5-3-2-4-19(20)23/h2-9,14,17,25H,10-13H2,1H3. The van der Waals surface area contributed by atoms with Gasteiger partial charge in [-0.1, -0.05) is 12.1 Å². The summed E-state index contributed by atoms with van der Waals surface area (Å²) in [7, 11) is 0. The van der Waals surface area contributed by atoms with Crippen molar-refractivity contribution in [1.82, 2.24) is 9.97 Å². The molecule has 0 atom stereocenters. The molecule has 1 saturated heterocycles. The van der Waals surface area contributed by atoms with E-state index in [9.17, 15) is 14.5 Å². The number of hydrogen-bond acceptors (Lipinski definition) is 6. The zero-order valence-corrected chi connectivity index (χ0v) is 16.6. The van der Waals surface area contributed by atoms with E-state index in [0.717, 1.165) is 43.0 Å². The van der Waals surface area contributed by atoms with Crippen LogP contribution in [0, 0.1) is 22.9 Å². The van der Waals surface area contributed by atoms with Gasteiger partial charge in [-0.25, -0.2) is 14.4 Å². The Morgan fingerprint density at radius 2 is 1.80 bits per heavy atom. The minimum absolute atomic E-state index is 0.0380. The minimum atomic E-state index is -0.425. The molecule has 2 aromatic carbocycles. The molecule has 8 heteroatoms. The van der Waals surface area contributed by atoms with Crippen LogP contribution in [0.25, 0.3) is 11.4 Å². The molecule has 3 aromatic rings. The molecule has 1 aliphatic rings. The number of nitrogens with zero attached hydrogens (tertiary/aromatic N) is 4. The van der Waals surface area contributed by atoms with Crippen LogP contribution in [0.1, 0.15) is 18.5 Å². The number of piperidine rings is 1. The van der Waals surface area contributed by atoms with Crippen LogP contribution in [-0.4, -0.2) is 34.0 Å². The van der Waals surface area contributed by atoms with Gasteiger partial charge in [-0.15, -0.1) is 0 Å². The number of nitrogens with one attached hydrogen (secondary N) is 1. The molecular formula is C22H22FN5O2. The lowest BCUT2D eigenvalue weighted by atomic mass is 10.0. The van der Waals surface area contributed by atoms with E-state index in [-0.39, 0.29) is 17.5 Å². The molecule has 1 fully saturated rings. The van der Waals surface area contributed by atoms with Crippen LogP contribution in [0.5, 0.6) is 0 Å². The molecule has 2 heterocycles. The molecule has 154 valence electrons. The Balaban J connectivity index is 1.46. The molecule has 0 amide bonds. The Hall–Kier alpha value is -3.55. The Kier molecular flexibility index (Phi) is 5.56. The first-order chi connectivity index (χ1) is 14.5. The lowest BCUT2D eigenvalue weighted by molar-refractivity contribution is -0.384. The number of rotatable bonds is 5. The highest BCUT2D eigenvalue weighted by Crippen LogP contribution is 2.25. The molecular weight excluding hydrogens is 385 g/mol. The Morgan fingerprint density at radius 3 is 2.47 bits per heavy atom. The molecule has 30 heavy (non-hydrogen) atoms. The number of non-ortho nitro benzene ring substituents is 1. The number of anilines is 2. The SMILES string of the molecule is Cc1cc(N2CCC(Nc3ccccc3F)CC2)nc(-c2ccc([N+](=O)[O-])cc2)n1. The number of halogens is 1. The summed E-state index contributed by atoms with van der Waals surface area (Å²) < 4.78 is 13.9. The summed E-state index contributed by atoms with van der Waals surface area (Å²) >= 11 is 0. The predicted molar refractivity (Wildman–Crippen MR) is 114 cm³/mol. The quantitative estimate of drug-likeness (QED) is 0.492. The third-order valence-electron chi connectivity index (χ3n) is 5.23. The van der Waals surface area contributed by atoms with Crippen LogP contribution in [0.15, 0.2) is 54.6 Å². The predicted octanol–water partition coefficient (Wildman–Crippen LogP) is 4.58. The maximum atomic E-state index is 13.9. The molecule has 0 radical (unpaired) electrons. The monoisotopic (exact) mass is 407 g/mol. The second kappa shape index (κ2) is 8.44. The van der Waals surface area contributed by atoms with Gasteiger partial charge in [-0.3, -0.25) is 10.1 Å². The van der Waals surface area contributed by atoms with Crippen LogP contribution in [0.3, 0.4) is 0 Å². The van der Waals surface area contributed by atoms with Crippen molar-refractivity contribution in [2.45, 2.75) is 25.8 Å². The second-order valence-electron chi connectivity index (χ2n) is 7.38. The van der Waals surface area contributed by atoms with Crippen LogP contribution < -0.4 is 10.2 Å². The normalized spacial score (nSPS) is 14.5. The van der Waals surface area contributed by atoms with Gasteiger partial charge in [-0.05, 0) is 44.0 Å². The van der Waals surface area contributed by atoms with Crippen molar-refractivity contribution in [2.24, 2.45) is 0 Å². The van der Waals surface area contributed by atoms with Crippen LogP contribution in [0.2, 0.25) is 0 Å². The third kappa shape index (κ3) is 4.37. The number of nitro groups is 1. The van der Waals surface area contributed by atoms with Gasteiger partial charge in [-0.2, -0.15) is 0 Å². The number of aromatic nitrogens is 2. The van der Waals surface area contributed by atoms with E-state index in [1.165, 1.54) is 18.2 Å². The fourth-order valence-electron chi connectivity index (χ4n) is 3.63. The summed E-state index contributed by atoms with van der Waals surface area (Å²) in [6.45, 7) is 3.50. The maximum absolute atomic E-state index is 13.9. The molecule has 1 N–H and O–H groups in total. The van der Waals surface area contributed by atoms with Crippen LogP contribution in [-0.2, 0) is 0 Å². The number of para-hydroxylation sites is 1. The largest absolute Gasteiger partial charge is 0.380 e. The zero-order valence-electron chi connectivity index (χ0n) is 16.6. The van der Waals surface area contributed by atoms with Crippen molar-refractivity contribution < 1.29 is 9.31 Å². The first kappa shape index (κ1) is 19.8. The van der Waals surface area contributed by atoms with Gasteiger partial charge in [0.1, 0.15) is 11.6 Å². The van der Waals surface area contributed by atoms with Crippen molar-refractivity contribution in [3.05, 3.63) is 76.2 Å². The van der Waals surface area contributed by atoms with E-state index >= 15 is 0 Å². The zero-order chi connectivity index (χ0) is 21.1. The first-order valence-electron chi connectivity index (χ1n) is 9.86. The van der Waals surface area contributed by atoms with E-state index in [1.807, 2.05) is 19.1 Å². The second-order valence-corrected chi connectivity index (χ2v) is 7.38. The summed E-state index contributed by atoms with van der Waals surface area (Å²) in [5, 5.41) is 14.2. The highest BCUT2D eigenvalue weighted by molar-refractivity contribution is 5.60. The Morgan fingerprint density at radius 1 is 1.10 bits per heavy atom. The number of nitro benzene ring substituents is 1. The number of benzene rings is 2. The molecule has 0 unspecified atom stereocenters. The summed E-state index contributed by atoms with van der Waals surface area (Å²) in [4.78, 5) is 21.8. The molecule has 0 aliphatic carbocycles. The van der Waals surface area contributed by atoms with E-state index in [4.69, 9.17) is 0 Å². The molecule has 4 rings (SSSR count). The highest BCUT2D eigenvalue weighted by Gasteiger charge is 2.22. The van der Waals surface area contributed by atoms with Crippen LogP contribution in [0.4, 0.5) is 21.6 Å². The lowest BCUT2D eigenvalue weighted by Gasteiger charge is -2.34. The van der Waals surface area contributed by atoms with E-state index in [1.54, 1.807) is 24.3 Å². The maximum Gasteiger partial charge on any atom is 0.269 e. The molecule has 0 saturated carbocycles. The molecule has 7 nitrogen and oxygen atoms in total. The van der Waals surface area contributed by atoms with Gasteiger partial charge >= 0.3 is 0 Å². The summed E-state index contributed by atoms with van der Waals surface area (Å²) in [5.41, 5.74) is 2.15. The van der Waals surface area contributed by atoms with Crippen molar-refractivity contribution in [2.75, 3.05) is 23.3 Å². The summed E-state index contributed by atoms with van der Waals surface area (Å²) in [6.07, 6.45) is 1.73. The van der Waals surface area contributed by atoms with Gasteiger partial charge in [0.05, 0.1) is 10.6 Å². The first-order valence-corrected chi connectivity index (χ1v) is 9.86. The smallest absolute Gasteiger partial charge is 0.269 e. The van der Waals surface area contributed by atoms with Crippen molar-refractivity contribution in [3.8, 4) is 11.4 Å². The third-order valence-corrected chi connectivity index (χ3v) is 5.23. The Labute approximate surface area is 173 Å². The lowest BCUT2D eigenvalue weighted by Crippen LogP contribution is -2.39. The van der Waals surface area contributed by atoms with E-state index < -0.39 is 4.92 Å². The van der Waals surface area contributed by atoms with Gasteiger partial charge in [0, 0.05) is 48.6 Å². The van der Waals surface area contributed by atoms with Crippen LogP contribution >= 0.6 is 0 Å². The average molecular weight is 407 g/mol. The molecule has 1 aromatic heterocycles. The highest BCUT2D eigenvalue weighted by atomic mass is 19.1. The van der Waals surface area contributed by atoms with E-state index in [2.05, 4.69) is 20.2 Å². The minimum Gasteiger partial charge on any atom is -0.380 e. The fraction of sp³-hybridized carbons (Fsp3) is 0.273. The fourth-order valence-corrected chi connectivity index (χ4v) is 3.63. The Bertz CT molecular complexity index is 1050. The number of hydrogen-bond donors (Lipinski definition) is 1. The molecule has 1 aliphatic heterocycles. The van der Waals surface area contributed by atoms with Crippen molar-refractivity contribution >= 4 is 17.2 Å². The van der Waals surface area contributed by atoms with Gasteiger partial charge in [0.25, 0.3) is 5.69 Å². The van der Waals surface area contributed by atoms with Crippen molar-refractivity contribution in [1.29, 1.82) is 0 Å². The molecule has 0 spiro atoms. The number of aryl methyl sites for hydroxylation is 1. The van der Waals surface area contributed by atoms with Gasteiger partial charge in [0.15, 0.2) is 5.82 Å².